The predicted molar refractivity (Wildman–Crippen MR) is 31.8 cm³/mol. The van der Waals surface area contributed by atoms with E-state index in [2.05, 4.69) is 8.92 Å². The van der Waals surface area contributed by atoms with Crippen molar-refractivity contribution in [2.75, 3.05) is 0 Å². The fourth-order valence-corrected chi connectivity index (χ4v) is 0. The summed E-state index contributed by atoms with van der Waals surface area (Å²) >= 11 is -1.67. The van der Waals surface area contributed by atoms with Gasteiger partial charge in [-0.3, -0.25) is 0 Å². The number of rotatable bonds is 0. The van der Waals surface area contributed by atoms with Gasteiger partial charge in [-0.2, -0.15) is 0 Å². The van der Waals surface area contributed by atoms with Gasteiger partial charge in [-0.1, -0.05) is 0 Å². The Balaban J connectivity index is -0.00000000200. The van der Waals surface area contributed by atoms with Crippen molar-refractivity contribution < 1.29 is 30.5 Å². The van der Waals surface area contributed by atoms with Crippen LogP contribution in [0.3, 0.4) is 0 Å². The summed E-state index contributed by atoms with van der Waals surface area (Å²) in [6.45, 7) is 0. The van der Waals surface area contributed by atoms with Gasteiger partial charge in [0.25, 0.3) is 0 Å². The Kier molecular flexibility index (Phi) is 1070. The average Bonchev–Trinajstić information content (AvgIpc) is 0.918. The van der Waals surface area contributed by atoms with E-state index in [0.717, 1.165) is 0 Å². The van der Waals surface area contributed by atoms with Crippen LogP contribution >= 0.6 is 8.92 Å². The molecule has 0 aliphatic rings. The molecule has 0 atom stereocenters. The summed E-state index contributed by atoms with van der Waals surface area (Å²) in [5.74, 6) is 0. The zero-order valence-electron chi connectivity index (χ0n) is 3.86. The van der Waals surface area contributed by atoms with Crippen LogP contribution in [-0.2, 0) is 3.08 Å². The zero-order chi connectivity index (χ0) is 2.71. The molecule has 0 aromatic heterocycles. The molecule has 8 heteroatoms. The van der Waals surface area contributed by atoms with Crippen molar-refractivity contribution in [1.29, 1.82) is 0 Å². The molecule has 0 heterocycles. The van der Waals surface area contributed by atoms with Crippen LogP contribution in [0.15, 0.2) is 0 Å². The maximum atomic E-state index is 8.89. The molecular weight excluding hydrogens is 250 g/mol. The molecule has 0 aliphatic heterocycles. The van der Waals surface area contributed by atoms with E-state index >= 15 is 0 Å². The number of hydrogen-bond acceptors (Lipinski definition) is 1. The topological polar surface area (TPSA) is 175 Å². The molecule has 0 aromatic carbocycles. The molecule has 8 heavy (non-hydrogen) atoms. The molecule has 0 saturated heterocycles. The molecule has 0 unspecified atom stereocenters. The van der Waals surface area contributed by atoms with Gasteiger partial charge in [0.2, 0.25) is 0 Å². The van der Waals surface area contributed by atoms with E-state index in [9.17, 15) is 0 Å². The molecule has 0 amide bonds. The van der Waals surface area contributed by atoms with E-state index in [-0.39, 0.29) is 27.4 Å². The third kappa shape index (κ3) is 456. The fourth-order valence-electron chi connectivity index (χ4n) is 0. The first kappa shape index (κ1) is 71.1. The second kappa shape index (κ2) is 121. The first-order valence-electron chi connectivity index (χ1n) is 0.454. The molecule has 10 N–H and O–H groups in total. The van der Waals surface area contributed by atoms with E-state index in [1.165, 1.54) is 0 Å². The van der Waals surface area contributed by atoms with Crippen LogP contribution in [0.2, 0.25) is 0 Å². The molecule has 0 aromatic rings. The quantitative estimate of drug-likeness (QED) is 0.395. The minimum atomic E-state index is -1.67. The third-order valence-corrected chi connectivity index (χ3v) is 0. The van der Waals surface area contributed by atoms with Crippen molar-refractivity contribution in [2.45, 2.75) is 0 Å². The standard InChI is InChI=1S/ClH.5H2O.O.Sn.H/h1H;5*1H2;;;/q;;;;;;;+1;/p-1. The number of halogens is 1. The van der Waals surface area contributed by atoms with Crippen molar-refractivity contribution in [3.63, 3.8) is 0 Å². The monoisotopic (exact) mass is 262 g/mol. The van der Waals surface area contributed by atoms with Gasteiger partial charge in [0.05, 0.1) is 0 Å². The van der Waals surface area contributed by atoms with Crippen LogP contribution in [0, 0.1) is 0 Å². The van der Waals surface area contributed by atoms with Gasteiger partial charge in [-0.05, 0) is 0 Å². The van der Waals surface area contributed by atoms with Gasteiger partial charge in [-0.15, -0.1) is 0 Å². The Hall–Kier alpha value is 0.689. The van der Waals surface area contributed by atoms with E-state index in [1.807, 2.05) is 0 Å². The van der Waals surface area contributed by atoms with Crippen LogP contribution < -0.4 is 0 Å². The van der Waals surface area contributed by atoms with Gasteiger partial charge in [0.1, 0.15) is 0 Å². The third-order valence-electron chi connectivity index (χ3n) is 0. The first-order valence-corrected chi connectivity index (χ1v) is 5.97. The molecule has 0 saturated carbocycles. The molecule has 0 bridgehead atoms. The zero-order valence-corrected chi connectivity index (χ0v) is 7.92. The van der Waals surface area contributed by atoms with Crippen LogP contribution in [0.25, 0.3) is 0 Å². The average molecular weight is 261 g/mol. The Labute approximate surface area is 59.7 Å². The summed E-state index contributed by atoms with van der Waals surface area (Å²) in [6, 6.07) is 0. The molecule has 58 valence electrons. The summed E-state index contributed by atoms with van der Waals surface area (Å²) in [6.07, 6.45) is 0. The molecule has 6 nitrogen and oxygen atoms in total. The molecule has 0 fully saturated rings. The summed E-state index contributed by atoms with van der Waals surface area (Å²) in [7, 11) is 4.63. The molecular formula is H11ClO6Sn. The predicted octanol–water partition coefficient (Wildman–Crippen LogP) is -4.20. The summed E-state index contributed by atoms with van der Waals surface area (Å²) in [4.78, 5) is 0. The first-order chi connectivity index (χ1) is 1.41. The van der Waals surface area contributed by atoms with Crippen molar-refractivity contribution >= 4 is 28.9 Å². The van der Waals surface area contributed by atoms with Crippen molar-refractivity contribution in [3.05, 3.63) is 0 Å². The molecule has 0 radical (unpaired) electrons. The van der Waals surface area contributed by atoms with E-state index < -0.39 is 20.0 Å². The minimum absolute atomic E-state index is 0. The normalized spacial score (nSPS) is 1.62. The fraction of sp³-hybridized carbons (Fsp3) is 0. The summed E-state index contributed by atoms with van der Waals surface area (Å²) in [5.41, 5.74) is 0. The van der Waals surface area contributed by atoms with Gasteiger partial charge in [0, 0.05) is 0 Å². The van der Waals surface area contributed by atoms with Gasteiger partial charge in [-0.25, -0.2) is 0 Å². The Morgan fingerprint density at radius 3 is 0.875 bits per heavy atom. The second-order valence-corrected chi connectivity index (χ2v) is 1.79. The Morgan fingerprint density at radius 2 is 0.875 bits per heavy atom. The van der Waals surface area contributed by atoms with Crippen LogP contribution in [-0.4, -0.2) is 47.4 Å². The van der Waals surface area contributed by atoms with Crippen molar-refractivity contribution in [3.8, 4) is 0 Å². The van der Waals surface area contributed by atoms with Gasteiger partial charge in [0.15, 0.2) is 0 Å². The van der Waals surface area contributed by atoms with Crippen molar-refractivity contribution in [2.24, 2.45) is 0 Å². The van der Waals surface area contributed by atoms with E-state index in [4.69, 9.17) is 3.08 Å². The van der Waals surface area contributed by atoms with Gasteiger partial charge < -0.3 is 27.4 Å². The molecule has 0 rings (SSSR count). The molecule has 0 spiro atoms. The SMILES string of the molecule is O.O.O.O.O.[O]=[SnH][Cl]. The Morgan fingerprint density at radius 1 is 0.875 bits per heavy atom. The van der Waals surface area contributed by atoms with Crippen molar-refractivity contribution in [1.82, 2.24) is 0 Å². The van der Waals surface area contributed by atoms with E-state index in [0.29, 0.717) is 0 Å². The summed E-state index contributed by atoms with van der Waals surface area (Å²) < 4.78 is 8.89. The van der Waals surface area contributed by atoms with Crippen LogP contribution in [0.1, 0.15) is 0 Å². The van der Waals surface area contributed by atoms with Crippen LogP contribution in [0.5, 0.6) is 0 Å². The van der Waals surface area contributed by atoms with E-state index in [1.54, 1.807) is 0 Å². The van der Waals surface area contributed by atoms with Gasteiger partial charge >= 0.3 is 32.0 Å². The summed E-state index contributed by atoms with van der Waals surface area (Å²) in [5, 5.41) is 0. The second-order valence-electron chi connectivity index (χ2n) is 0.0891. The number of hydrogen-bond donors (Lipinski definition) is 0. The maximum absolute atomic E-state index is 8.89. The van der Waals surface area contributed by atoms with Crippen LogP contribution in [0.4, 0.5) is 0 Å². The molecule has 0 aliphatic carbocycles. The Bertz CT molecular complexity index is 16.0.